The number of aryl methyl sites for hydroxylation is 1. The lowest BCUT2D eigenvalue weighted by Gasteiger charge is -2.16. The maximum Gasteiger partial charge on any atom is 0.274 e. The predicted molar refractivity (Wildman–Crippen MR) is 108 cm³/mol. The molecule has 0 fully saturated rings. The number of benzene rings is 1. The molecule has 1 aromatic carbocycles. The summed E-state index contributed by atoms with van der Waals surface area (Å²) in [5, 5.41) is 8.51. The van der Waals surface area contributed by atoms with Crippen molar-refractivity contribution in [3.63, 3.8) is 0 Å². The fraction of sp³-hybridized carbons (Fsp3) is 0.333. The van der Waals surface area contributed by atoms with Gasteiger partial charge >= 0.3 is 0 Å². The van der Waals surface area contributed by atoms with Crippen molar-refractivity contribution in [1.82, 2.24) is 20.1 Å². The molecule has 0 aliphatic heterocycles. The van der Waals surface area contributed by atoms with Crippen molar-refractivity contribution < 1.29 is 9.53 Å². The molecular weight excluding hydrogens is 356 g/mol. The van der Waals surface area contributed by atoms with E-state index >= 15 is 0 Å². The zero-order chi connectivity index (χ0) is 20.1. The average Bonchev–Trinajstić information content (AvgIpc) is 2.68. The predicted octanol–water partition coefficient (Wildman–Crippen LogP) is 2.71. The highest BCUT2D eigenvalue weighted by Gasteiger charge is 2.17. The lowest BCUT2D eigenvalue weighted by molar-refractivity contribution is 0.0930. The van der Waals surface area contributed by atoms with E-state index in [0.717, 1.165) is 17.5 Å². The number of pyridine rings is 1. The molecule has 0 unspecified atom stereocenters. The Morgan fingerprint density at radius 3 is 2.82 bits per heavy atom. The lowest BCUT2D eigenvalue weighted by Crippen LogP contribution is -2.39. The number of hydrogen-bond acceptors (Lipinski definition) is 5. The number of aromatic nitrogens is 3. The number of nitrogens with zero attached hydrogens (tertiary/aromatic N) is 3. The van der Waals surface area contributed by atoms with Crippen LogP contribution in [0.3, 0.4) is 0 Å². The lowest BCUT2D eigenvalue weighted by atomic mass is 10.2. The molecule has 146 valence electrons. The summed E-state index contributed by atoms with van der Waals surface area (Å²) in [6.07, 6.45) is 2.48. The molecule has 0 spiro atoms. The van der Waals surface area contributed by atoms with Gasteiger partial charge in [-0.2, -0.15) is 5.10 Å². The number of carbonyl (C=O) groups is 1. The SMILES string of the molecule is CCCOc1nc(C)ccc1C(=O)N[C@H](C)Cn1ncc2ccccc2c1=O. The molecule has 1 N–H and O–H groups in total. The number of amides is 1. The van der Waals surface area contributed by atoms with Gasteiger partial charge in [0, 0.05) is 17.1 Å². The van der Waals surface area contributed by atoms with Gasteiger partial charge in [0.2, 0.25) is 5.88 Å². The topological polar surface area (TPSA) is 86.1 Å². The van der Waals surface area contributed by atoms with Crippen LogP contribution < -0.4 is 15.6 Å². The summed E-state index contributed by atoms with van der Waals surface area (Å²) in [7, 11) is 0. The van der Waals surface area contributed by atoms with E-state index in [1.807, 2.05) is 39.0 Å². The van der Waals surface area contributed by atoms with Crippen LogP contribution in [-0.2, 0) is 6.54 Å². The van der Waals surface area contributed by atoms with Gasteiger partial charge in [0.1, 0.15) is 5.56 Å². The second kappa shape index (κ2) is 8.65. The molecule has 0 bridgehead atoms. The molecule has 0 saturated heterocycles. The van der Waals surface area contributed by atoms with Crippen LogP contribution in [0.4, 0.5) is 0 Å². The monoisotopic (exact) mass is 380 g/mol. The van der Waals surface area contributed by atoms with Gasteiger partial charge < -0.3 is 10.1 Å². The van der Waals surface area contributed by atoms with E-state index in [1.165, 1.54) is 4.68 Å². The van der Waals surface area contributed by atoms with Crippen molar-refractivity contribution in [3.05, 3.63) is 64.2 Å². The van der Waals surface area contributed by atoms with Gasteiger partial charge in [0.25, 0.3) is 11.5 Å². The molecule has 3 aromatic rings. The molecule has 0 aliphatic carbocycles. The number of nitrogens with one attached hydrogen (secondary N) is 1. The third-order valence-electron chi connectivity index (χ3n) is 4.27. The highest BCUT2D eigenvalue weighted by molar-refractivity contribution is 5.96. The van der Waals surface area contributed by atoms with E-state index < -0.39 is 0 Å². The summed E-state index contributed by atoms with van der Waals surface area (Å²) in [6.45, 7) is 6.42. The number of ether oxygens (including phenoxy) is 1. The fourth-order valence-electron chi connectivity index (χ4n) is 2.88. The third kappa shape index (κ3) is 4.36. The van der Waals surface area contributed by atoms with E-state index in [1.54, 1.807) is 24.4 Å². The van der Waals surface area contributed by atoms with Crippen LogP contribution in [0, 0.1) is 6.92 Å². The van der Waals surface area contributed by atoms with Crippen molar-refractivity contribution >= 4 is 16.7 Å². The zero-order valence-electron chi connectivity index (χ0n) is 16.3. The minimum Gasteiger partial charge on any atom is -0.477 e. The van der Waals surface area contributed by atoms with E-state index in [0.29, 0.717) is 23.4 Å². The average molecular weight is 380 g/mol. The van der Waals surface area contributed by atoms with E-state index in [-0.39, 0.29) is 24.1 Å². The number of fused-ring (bicyclic) bond motifs is 1. The van der Waals surface area contributed by atoms with Crippen molar-refractivity contribution in [2.45, 2.75) is 39.8 Å². The second-order valence-corrected chi connectivity index (χ2v) is 6.75. The number of rotatable bonds is 7. The zero-order valence-corrected chi connectivity index (χ0v) is 16.3. The Morgan fingerprint density at radius 1 is 1.25 bits per heavy atom. The van der Waals surface area contributed by atoms with E-state index in [9.17, 15) is 9.59 Å². The Hall–Kier alpha value is -3.22. The molecule has 2 heterocycles. The molecular formula is C21H24N4O3. The minimum absolute atomic E-state index is 0.178. The van der Waals surface area contributed by atoms with Crippen LogP contribution >= 0.6 is 0 Å². The van der Waals surface area contributed by atoms with Gasteiger partial charge in [0.15, 0.2) is 0 Å². The van der Waals surface area contributed by atoms with Crippen molar-refractivity contribution in [1.29, 1.82) is 0 Å². The van der Waals surface area contributed by atoms with Crippen molar-refractivity contribution in [2.75, 3.05) is 6.61 Å². The van der Waals surface area contributed by atoms with Gasteiger partial charge in [-0.25, -0.2) is 9.67 Å². The summed E-state index contributed by atoms with van der Waals surface area (Å²) in [6, 6.07) is 10.5. The molecule has 2 aromatic heterocycles. The van der Waals surface area contributed by atoms with Crippen LogP contribution in [-0.4, -0.2) is 33.3 Å². The summed E-state index contributed by atoms with van der Waals surface area (Å²) in [5.41, 5.74) is 0.982. The van der Waals surface area contributed by atoms with Crippen LogP contribution in [0.1, 0.15) is 36.3 Å². The van der Waals surface area contributed by atoms with Crippen LogP contribution in [0.5, 0.6) is 5.88 Å². The molecule has 0 saturated carbocycles. The molecule has 0 aliphatic rings. The van der Waals surface area contributed by atoms with E-state index in [2.05, 4.69) is 15.4 Å². The smallest absolute Gasteiger partial charge is 0.274 e. The number of carbonyl (C=O) groups excluding carboxylic acids is 1. The standard InChI is InChI=1S/C21H24N4O3/c1-4-11-28-20-18(10-9-14(2)24-20)19(26)23-15(3)13-25-21(27)17-8-6-5-7-16(17)12-22-25/h5-10,12,15H,4,11,13H2,1-3H3,(H,23,26)/t15-/m1/s1. The third-order valence-corrected chi connectivity index (χ3v) is 4.27. The maximum absolute atomic E-state index is 12.7. The maximum atomic E-state index is 12.7. The first kappa shape index (κ1) is 19.5. The highest BCUT2D eigenvalue weighted by atomic mass is 16.5. The molecule has 1 amide bonds. The molecule has 0 radical (unpaired) electrons. The first-order valence-corrected chi connectivity index (χ1v) is 9.35. The molecule has 1 atom stereocenters. The largest absolute Gasteiger partial charge is 0.477 e. The highest BCUT2D eigenvalue weighted by Crippen LogP contribution is 2.17. The van der Waals surface area contributed by atoms with Crippen LogP contribution in [0.25, 0.3) is 10.8 Å². The Labute approximate surface area is 163 Å². The second-order valence-electron chi connectivity index (χ2n) is 6.75. The Balaban J connectivity index is 1.75. The Morgan fingerprint density at radius 2 is 2.04 bits per heavy atom. The quantitative estimate of drug-likeness (QED) is 0.681. The van der Waals surface area contributed by atoms with Crippen molar-refractivity contribution in [3.8, 4) is 5.88 Å². The van der Waals surface area contributed by atoms with Crippen LogP contribution in [0.15, 0.2) is 47.4 Å². The summed E-state index contributed by atoms with van der Waals surface area (Å²) in [4.78, 5) is 29.6. The normalized spacial score (nSPS) is 12.0. The van der Waals surface area contributed by atoms with Gasteiger partial charge in [-0.3, -0.25) is 9.59 Å². The Bertz CT molecular complexity index is 1050. The summed E-state index contributed by atoms with van der Waals surface area (Å²) >= 11 is 0. The number of hydrogen-bond donors (Lipinski definition) is 1. The first-order chi connectivity index (χ1) is 13.5. The van der Waals surface area contributed by atoms with Crippen LogP contribution in [0.2, 0.25) is 0 Å². The molecule has 7 heteroatoms. The van der Waals surface area contributed by atoms with Gasteiger partial charge in [-0.05, 0) is 38.5 Å². The molecule has 3 rings (SSSR count). The van der Waals surface area contributed by atoms with Gasteiger partial charge in [-0.15, -0.1) is 0 Å². The molecule has 28 heavy (non-hydrogen) atoms. The minimum atomic E-state index is -0.306. The van der Waals surface area contributed by atoms with Crippen molar-refractivity contribution in [2.24, 2.45) is 0 Å². The first-order valence-electron chi connectivity index (χ1n) is 9.35. The Kier molecular flexibility index (Phi) is 6.03. The van der Waals surface area contributed by atoms with E-state index in [4.69, 9.17) is 4.74 Å². The van der Waals surface area contributed by atoms with Gasteiger partial charge in [-0.1, -0.05) is 25.1 Å². The molecule has 7 nitrogen and oxygen atoms in total. The summed E-state index contributed by atoms with van der Waals surface area (Å²) in [5.74, 6) is 0.0347. The van der Waals surface area contributed by atoms with Gasteiger partial charge in [0.05, 0.1) is 24.7 Å². The fourth-order valence-corrected chi connectivity index (χ4v) is 2.88. The summed E-state index contributed by atoms with van der Waals surface area (Å²) < 4.78 is 6.99.